The first-order chi connectivity index (χ1) is 17.4. The molecule has 0 unspecified atom stereocenters. The summed E-state index contributed by atoms with van der Waals surface area (Å²) in [5.41, 5.74) is 6.45. The summed E-state index contributed by atoms with van der Waals surface area (Å²) in [5.74, 6) is 0.991. The van der Waals surface area contributed by atoms with Crippen LogP contribution in [0.1, 0.15) is 30.5 Å². The number of fused-ring (bicyclic) bond motifs is 2. The van der Waals surface area contributed by atoms with Crippen LogP contribution in [0.3, 0.4) is 0 Å². The van der Waals surface area contributed by atoms with Crippen LogP contribution in [0.15, 0.2) is 83.6 Å². The predicted molar refractivity (Wildman–Crippen MR) is 146 cm³/mol. The standard InChI is InChI=1S/C31H28N2O3/c1-5-35-30-21(4)31-26(27(18-36-31)24-12-11-22-8-6-7-9-23(22)15-24)16-25(30)20(3)14-29(34)33-28-13-10-19(2)17-32-28/h6-18H,5H2,1-4H3,(H,32,33,34)/b20-14+. The molecule has 5 nitrogen and oxygen atoms in total. The lowest BCUT2D eigenvalue weighted by atomic mass is 9.95. The van der Waals surface area contributed by atoms with Crippen LogP contribution in [0.2, 0.25) is 0 Å². The van der Waals surface area contributed by atoms with Crippen LogP contribution in [-0.4, -0.2) is 17.5 Å². The van der Waals surface area contributed by atoms with E-state index >= 15 is 0 Å². The number of ether oxygens (including phenoxy) is 1. The van der Waals surface area contributed by atoms with Crippen LogP contribution in [-0.2, 0) is 4.79 Å². The van der Waals surface area contributed by atoms with Crippen molar-refractivity contribution in [2.24, 2.45) is 0 Å². The molecule has 5 heteroatoms. The van der Waals surface area contributed by atoms with Crippen molar-refractivity contribution in [3.8, 4) is 16.9 Å². The van der Waals surface area contributed by atoms with E-state index < -0.39 is 0 Å². The summed E-state index contributed by atoms with van der Waals surface area (Å²) in [5, 5.41) is 6.18. The van der Waals surface area contributed by atoms with E-state index in [1.807, 2.05) is 45.9 Å². The highest BCUT2D eigenvalue weighted by molar-refractivity contribution is 6.06. The Labute approximate surface area is 210 Å². The number of carbonyl (C=O) groups is 1. The number of aromatic nitrogens is 1. The van der Waals surface area contributed by atoms with Crippen molar-refractivity contribution in [1.82, 2.24) is 4.98 Å². The summed E-state index contributed by atoms with van der Waals surface area (Å²) in [6.45, 7) is 8.32. The maximum Gasteiger partial charge on any atom is 0.249 e. The molecule has 0 fully saturated rings. The van der Waals surface area contributed by atoms with Crippen molar-refractivity contribution in [1.29, 1.82) is 0 Å². The molecule has 1 amide bonds. The molecule has 0 radical (unpaired) electrons. The van der Waals surface area contributed by atoms with Gasteiger partial charge in [0.25, 0.3) is 0 Å². The zero-order valence-electron chi connectivity index (χ0n) is 20.9. The van der Waals surface area contributed by atoms with Crippen molar-refractivity contribution in [2.75, 3.05) is 11.9 Å². The second kappa shape index (κ2) is 9.70. The number of carbonyl (C=O) groups excluding carboxylic acids is 1. The monoisotopic (exact) mass is 476 g/mol. The van der Waals surface area contributed by atoms with E-state index in [4.69, 9.17) is 9.15 Å². The van der Waals surface area contributed by atoms with Crippen molar-refractivity contribution in [3.63, 3.8) is 0 Å². The van der Waals surface area contributed by atoms with Crippen LogP contribution in [0.4, 0.5) is 5.82 Å². The summed E-state index contributed by atoms with van der Waals surface area (Å²) in [4.78, 5) is 17.0. The minimum absolute atomic E-state index is 0.244. The average Bonchev–Trinajstić information content (AvgIpc) is 3.31. The van der Waals surface area contributed by atoms with Gasteiger partial charge in [0.05, 0.1) is 12.9 Å². The molecule has 3 aromatic carbocycles. The van der Waals surface area contributed by atoms with E-state index in [9.17, 15) is 4.79 Å². The van der Waals surface area contributed by atoms with Gasteiger partial charge in [-0.15, -0.1) is 0 Å². The maximum absolute atomic E-state index is 12.8. The zero-order valence-corrected chi connectivity index (χ0v) is 20.9. The van der Waals surface area contributed by atoms with Crippen LogP contribution in [0.5, 0.6) is 5.75 Å². The van der Waals surface area contributed by atoms with Crippen LogP contribution < -0.4 is 10.1 Å². The number of hydrogen-bond acceptors (Lipinski definition) is 4. The number of furan rings is 1. The molecule has 36 heavy (non-hydrogen) atoms. The van der Waals surface area contributed by atoms with Crippen molar-refractivity contribution in [3.05, 3.63) is 95.9 Å². The largest absolute Gasteiger partial charge is 0.493 e. The van der Waals surface area contributed by atoms with E-state index in [1.54, 1.807) is 24.6 Å². The molecule has 1 N–H and O–H groups in total. The van der Waals surface area contributed by atoms with Crippen LogP contribution in [0, 0.1) is 13.8 Å². The molecular weight excluding hydrogens is 448 g/mol. The van der Waals surface area contributed by atoms with Gasteiger partial charge in [0, 0.05) is 34.3 Å². The molecule has 0 bridgehead atoms. The van der Waals surface area contributed by atoms with E-state index in [0.29, 0.717) is 12.4 Å². The van der Waals surface area contributed by atoms with Gasteiger partial charge in [-0.2, -0.15) is 0 Å². The molecule has 2 heterocycles. The SMILES string of the molecule is CCOc1c(/C(C)=C/C(=O)Nc2ccc(C)cn2)cc2c(-c3ccc4ccccc4c3)coc2c1C. The Bertz CT molecular complexity index is 1610. The maximum atomic E-state index is 12.8. The highest BCUT2D eigenvalue weighted by atomic mass is 16.5. The predicted octanol–water partition coefficient (Wildman–Crippen LogP) is 7.71. The van der Waals surface area contributed by atoms with Crippen molar-refractivity contribution < 1.29 is 13.9 Å². The Morgan fingerprint density at radius 3 is 2.61 bits per heavy atom. The summed E-state index contributed by atoms with van der Waals surface area (Å²) in [7, 11) is 0. The first kappa shape index (κ1) is 23.4. The summed E-state index contributed by atoms with van der Waals surface area (Å²) in [6.07, 6.45) is 5.11. The topological polar surface area (TPSA) is 64.4 Å². The molecule has 0 aliphatic carbocycles. The summed E-state index contributed by atoms with van der Waals surface area (Å²) < 4.78 is 12.1. The van der Waals surface area contributed by atoms with Gasteiger partial charge in [0.2, 0.25) is 5.91 Å². The number of pyridine rings is 1. The molecule has 2 aromatic heterocycles. The number of benzene rings is 3. The molecule has 0 saturated heterocycles. The van der Waals surface area contributed by atoms with Crippen molar-refractivity contribution in [2.45, 2.75) is 27.7 Å². The second-order valence-corrected chi connectivity index (χ2v) is 8.94. The van der Waals surface area contributed by atoms with Gasteiger partial charge in [-0.25, -0.2) is 4.98 Å². The second-order valence-electron chi connectivity index (χ2n) is 8.94. The van der Waals surface area contributed by atoms with Gasteiger partial charge in [0.15, 0.2) is 0 Å². The molecule has 180 valence electrons. The van der Waals surface area contributed by atoms with Crippen molar-refractivity contribution >= 4 is 39.0 Å². The highest BCUT2D eigenvalue weighted by Crippen LogP contribution is 2.41. The molecular formula is C31H28N2O3. The Morgan fingerprint density at radius 1 is 1.06 bits per heavy atom. The number of rotatable bonds is 6. The summed E-state index contributed by atoms with van der Waals surface area (Å²) >= 11 is 0. The van der Waals surface area contributed by atoms with Gasteiger partial charge in [0.1, 0.15) is 17.2 Å². The van der Waals surface area contributed by atoms with Gasteiger partial charge in [-0.1, -0.05) is 42.5 Å². The van der Waals surface area contributed by atoms with Gasteiger partial charge >= 0.3 is 0 Å². The number of nitrogens with one attached hydrogen (secondary N) is 1. The fourth-order valence-electron chi connectivity index (χ4n) is 4.50. The zero-order chi connectivity index (χ0) is 25.2. The van der Waals surface area contributed by atoms with Crippen LogP contribution >= 0.6 is 0 Å². The average molecular weight is 477 g/mol. The molecule has 5 aromatic rings. The fraction of sp³-hybridized carbons (Fsp3) is 0.161. The Kier molecular flexibility index (Phi) is 6.30. The van der Waals surface area contributed by atoms with Gasteiger partial charge in [-0.3, -0.25) is 4.79 Å². The van der Waals surface area contributed by atoms with E-state index in [0.717, 1.165) is 50.1 Å². The number of nitrogens with zero attached hydrogens (tertiary/aromatic N) is 1. The normalized spacial score (nSPS) is 11.7. The van der Waals surface area contributed by atoms with E-state index in [2.05, 4.69) is 46.7 Å². The Morgan fingerprint density at radius 2 is 1.86 bits per heavy atom. The number of hydrogen-bond donors (Lipinski definition) is 1. The first-order valence-electron chi connectivity index (χ1n) is 12.0. The molecule has 0 aliphatic heterocycles. The third-order valence-corrected chi connectivity index (χ3v) is 6.33. The number of anilines is 1. The minimum atomic E-state index is -0.244. The number of amides is 1. The smallest absolute Gasteiger partial charge is 0.249 e. The quantitative estimate of drug-likeness (QED) is 0.255. The third-order valence-electron chi connectivity index (χ3n) is 6.33. The van der Waals surface area contributed by atoms with E-state index in [-0.39, 0.29) is 5.91 Å². The van der Waals surface area contributed by atoms with Crippen LogP contribution in [0.25, 0.3) is 38.4 Å². The lowest BCUT2D eigenvalue weighted by Gasteiger charge is -2.15. The molecule has 5 rings (SSSR count). The van der Waals surface area contributed by atoms with Gasteiger partial charge < -0.3 is 14.5 Å². The lowest BCUT2D eigenvalue weighted by Crippen LogP contribution is -2.10. The molecule has 0 atom stereocenters. The molecule has 0 aliphatic rings. The Balaban J connectivity index is 1.58. The minimum Gasteiger partial charge on any atom is -0.493 e. The lowest BCUT2D eigenvalue weighted by molar-refractivity contribution is -0.111. The summed E-state index contributed by atoms with van der Waals surface area (Å²) in [6, 6.07) is 20.5. The van der Waals surface area contributed by atoms with Gasteiger partial charge in [-0.05, 0) is 73.4 Å². The molecule has 0 spiro atoms. The first-order valence-corrected chi connectivity index (χ1v) is 12.0. The third kappa shape index (κ3) is 4.48. The highest BCUT2D eigenvalue weighted by Gasteiger charge is 2.19. The Hall–Kier alpha value is -4.38. The number of allylic oxidation sites excluding steroid dienone is 1. The molecule has 0 saturated carbocycles. The van der Waals surface area contributed by atoms with E-state index in [1.165, 1.54) is 10.8 Å². The number of aryl methyl sites for hydroxylation is 2. The fourth-order valence-corrected chi connectivity index (χ4v) is 4.50.